The number of aliphatic hydroxyl groups excluding tert-OH is 1. The van der Waals surface area contributed by atoms with E-state index < -0.39 is 16.1 Å². The van der Waals surface area contributed by atoms with E-state index in [0.29, 0.717) is 18.5 Å². The summed E-state index contributed by atoms with van der Waals surface area (Å²) >= 11 is 0. The maximum absolute atomic E-state index is 12.6. The second-order valence-corrected chi connectivity index (χ2v) is 7.91. The average molecular weight is 364 g/mol. The second kappa shape index (κ2) is 6.58. The minimum absolute atomic E-state index is 0.0442. The number of hydrogen-bond donors (Lipinski definition) is 3. The zero-order chi connectivity index (χ0) is 18.2. The molecule has 0 spiro atoms. The van der Waals surface area contributed by atoms with E-state index >= 15 is 0 Å². The van der Waals surface area contributed by atoms with Crippen LogP contribution in [-0.4, -0.2) is 53.7 Å². The number of rotatable bonds is 4. The molecule has 2 atom stereocenters. The van der Waals surface area contributed by atoms with Crippen molar-refractivity contribution in [1.82, 2.24) is 15.1 Å². The molecule has 2 heterocycles. The Kier molecular flexibility index (Phi) is 4.63. The van der Waals surface area contributed by atoms with Gasteiger partial charge in [-0.05, 0) is 43.7 Å². The predicted molar refractivity (Wildman–Crippen MR) is 90.2 cm³/mol. The highest BCUT2D eigenvalue weighted by Crippen LogP contribution is 2.23. The van der Waals surface area contributed by atoms with Crippen molar-refractivity contribution < 1.29 is 18.3 Å². The number of likely N-dealkylation sites (tertiary alicyclic amines) is 1. The molecule has 1 amide bonds. The Morgan fingerprint density at radius 2 is 2.04 bits per heavy atom. The first kappa shape index (κ1) is 17.6. The van der Waals surface area contributed by atoms with E-state index in [1.54, 1.807) is 4.90 Å². The Labute approximate surface area is 145 Å². The van der Waals surface area contributed by atoms with Gasteiger partial charge in [0.25, 0.3) is 5.91 Å². The van der Waals surface area contributed by atoms with Crippen molar-refractivity contribution in [2.45, 2.75) is 24.3 Å². The fourth-order valence-electron chi connectivity index (χ4n) is 3.04. The fraction of sp³-hybridized carbons (Fsp3) is 0.375. The van der Waals surface area contributed by atoms with E-state index in [2.05, 4.69) is 10.2 Å². The third-order valence-electron chi connectivity index (χ3n) is 4.35. The molecule has 0 aliphatic carbocycles. The maximum atomic E-state index is 12.6. The molecule has 1 aliphatic rings. The summed E-state index contributed by atoms with van der Waals surface area (Å²) in [5.74, 6) is -0.337. The van der Waals surface area contributed by atoms with Gasteiger partial charge < -0.3 is 10.0 Å². The van der Waals surface area contributed by atoms with Crippen LogP contribution in [0.3, 0.4) is 0 Å². The standard InChI is InChI=1S/C16H20N4O4S/c1-10-6-13(19-18-10)7-12-8-20(9-15(12)21)16(22)11-2-4-14(5-3-11)25(17,23)24/h2-6,12,15,21H,7-9H2,1H3,(H,18,19)(H2,17,23,24). The molecule has 25 heavy (non-hydrogen) atoms. The number of aromatic amines is 1. The summed E-state index contributed by atoms with van der Waals surface area (Å²) in [7, 11) is -3.79. The number of hydrogen-bond acceptors (Lipinski definition) is 5. The van der Waals surface area contributed by atoms with Crippen LogP contribution in [-0.2, 0) is 16.4 Å². The van der Waals surface area contributed by atoms with Crippen LogP contribution in [0.5, 0.6) is 0 Å². The molecule has 0 bridgehead atoms. The van der Waals surface area contributed by atoms with Crippen molar-refractivity contribution in [3.05, 3.63) is 47.3 Å². The van der Waals surface area contributed by atoms with Crippen molar-refractivity contribution in [2.75, 3.05) is 13.1 Å². The highest BCUT2D eigenvalue weighted by molar-refractivity contribution is 7.89. The van der Waals surface area contributed by atoms with E-state index in [4.69, 9.17) is 5.14 Å². The number of carbonyl (C=O) groups is 1. The second-order valence-electron chi connectivity index (χ2n) is 6.35. The number of H-pyrrole nitrogens is 1. The minimum Gasteiger partial charge on any atom is -0.391 e. The molecule has 1 fully saturated rings. The zero-order valence-corrected chi connectivity index (χ0v) is 14.5. The van der Waals surface area contributed by atoms with Crippen LogP contribution in [0, 0.1) is 12.8 Å². The third kappa shape index (κ3) is 3.89. The van der Waals surface area contributed by atoms with E-state index in [0.717, 1.165) is 11.4 Å². The minimum atomic E-state index is -3.79. The summed E-state index contributed by atoms with van der Waals surface area (Å²) in [6, 6.07) is 7.39. The lowest BCUT2D eigenvalue weighted by Gasteiger charge is -2.16. The van der Waals surface area contributed by atoms with Gasteiger partial charge in [-0.25, -0.2) is 13.6 Å². The number of nitrogens with two attached hydrogens (primary N) is 1. The monoisotopic (exact) mass is 364 g/mol. The maximum Gasteiger partial charge on any atom is 0.253 e. The average Bonchev–Trinajstić information content (AvgIpc) is 3.12. The number of benzene rings is 1. The van der Waals surface area contributed by atoms with Crippen molar-refractivity contribution >= 4 is 15.9 Å². The largest absolute Gasteiger partial charge is 0.391 e. The van der Waals surface area contributed by atoms with Gasteiger partial charge in [0.05, 0.1) is 16.7 Å². The van der Waals surface area contributed by atoms with Crippen molar-refractivity contribution in [1.29, 1.82) is 0 Å². The first-order valence-electron chi connectivity index (χ1n) is 7.85. The van der Waals surface area contributed by atoms with Crippen LogP contribution in [0.15, 0.2) is 35.2 Å². The molecular weight excluding hydrogens is 344 g/mol. The van der Waals surface area contributed by atoms with Gasteiger partial charge in [0.15, 0.2) is 0 Å². The van der Waals surface area contributed by atoms with E-state index in [9.17, 15) is 18.3 Å². The van der Waals surface area contributed by atoms with Gasteiger partial charge in [0.1, 0.15) is 0 Å². The van der Waals surface area contributed by atoms with Crippen molar-refractivity contribution in [3.8, 4) is 0 Å². The lowest BCUT2D eigenvalue weighted by molar-refractivity contribution is 0.0764. The van der Waals surface area contributed by atoms with Crippen molar-refractivity contribution in [2.24, 2.45) is 11.1 Å². The van der Waals surface area contributed by atoms with E-state index in [1.165, 1.54) is 24.3 Å². The van der Waals surface area contributed by atoms with Gasteiger partial charge in [0.2, 0.25) is 10.0 Å². The number of β-amino-alcohol motifs (C(OH)–C–C–N with tert-alkyl or cyclic N) is 1. The van der Waals surface area contributed by atoms with E-state index in [1.807, 2.05) is 13.0 Å². The third-order valence-corrected chi connectivity index (χ3v) is 5.28. The lowest BCUT2D eigenvalue weighted by Crippen LogP contribution is -2.29. The van der Waals surface area contributed by atoms with Crippen LogP contribution in [0.4, 0.5) is 0 Å². The SMILES string of the molecule is Cc1cc(CC2CN(C(=O)c3ccc(S(N)(=O)=O)cc3)CC2O)n[nH]1. The summed E-state index contributed by atoms with van der Waals surface area (Å²) in [6.45, 7) is 2.56. The highest BCUT2D eigenvalue weighted by atomic mass is 32.2. The molecular formula is C16H20N4O4S. The van der Waals surface area contributed by atoms with Gasteiger partial charge in [-0.15, -0.1) is 0 Å². The molecule has 1 aliphatic heterocycles. The number of primary sulfonamides is 1. The van der Waals surface area contributed by atoms with Crippen LogP contribution in [0.2, 0.25) is 0 Å². The predicted octanol–water partition coefficient (Wildman–Crippen LogP) is 0.0411. The first-order chi connectivity index (χ1) is 11.7. The number of aryl methyl sites for hydroxylation is 1. The fourth-order valence-corrected chi connectivity index (χ4v) is 3.55. The van der Waals surface area contributed by atoms with Gasteiger partial charge in [0, 0.05) is 30.3 Å². The number of carbonyl (C=O) groups excluding carboxylic acids is 1. The normalized spacial score (nSPS) is 20.8. The number of sulfonamides is 1. The number of nitrogens with one attached hydrogen (secondary N) is 1. The molecule has 1 saturated heterocycles. The number of aliphatic hydroxyl groups is 1. The molecule has 8 nitrogen and oxygen atoms in total. The van der Waals surface area contributed by atoms with Gasteiger partial charge in [-0.3, -0.25) is 9.89 Å². The molecule has 9 heteroatoms. The number of amides is 1. The molecule has 4 N–H and O–H groups in total. The van der Waals surface area contributed by atoms with Crippen molar-refractivity contribution in [3.63, 3.8) is 0 Å². The lowest BCUT2D eigenvalue weighted by atomic mass is 10.0. The van der Waals surface area contributed by atoms with Crippen LogP contribution in [0.1, 0.15) is 21.7 Å². The highest BCUT2D eigenvalue weighted by Gasteiger charge is 2.34. The Morgan fingerprint density at radius 3 is 2.60 bits per heavy atom. The Balaban J connectivity index is 1.69. The molecule has 1 aromatic carbocycles. The van der Waals surface area contributed by atoms with Crippen LogP contribution < -0.4 is 5.14 Å². The number of aromatic nitrogens is 2. The summed E-state index contributed by atoms with van der Waals surface area (Å²) in [4.78, 5) is 14.1. The van der Waals surface area contributed by atoms with E-state index in [-0.39, 0.29) is 23.3 Å². The quantitative estimate of drug-likeness (QED) is 0.705. The van der Waals surface area contributed by atoms with Crippen LogP contribution in [0.25, 0.3) is 0 Å². The van der Waals surface area contributed by atoms with Gasteiger partial charge in [-0.1, -0.05) is 0 Å². The Bertz CT molecular complexity index is 876. The summed E-state index contributed by atoms with van der Waals surface area (Å²) < 4.78 is 22.5. The smallest absolute Gasteiger partial charge is 0.253 e. The molecule has 3 rings (SSSR count). The topological polar surface area (TPSA) is 129 Å². The molecule has 0 saturated carbocycles. The Morgan fingerprint density at radius 1 is 1.36 bits per heavy atom. The van der Waals surface area contributed by atoms with Gasteiger partial charge >= 0.3 is 0 Å². The number of nitrogens with zero attached hydrogens (tertiary/aromatic N) is 2. The molecule has 0 radical (unpaired) electrons. The summed E-state index contributed by atoms with van der Waals surface area (Å²) in [6.07, 6.45) is -0.0377. The Hall–Kier alpha value is -2.23. The summed E-state index contributed by atoms with van der Waals surface area (Å²) in [5.41, 5.74) is 2.16. The van der Waals surface area contributed by atoms with Gasteiger partial charge in [-0.2, -0.15) is 5.10 Å². The molecule has 1 aromatic heterocycles. The molecule has 2 aromatic rings. The summed E-state index contributed by atoms with van der Waals surface area (Å²) in [5, 5.41) is 22.3. The zero-order valence-electron chi connectivity index (χ0n) is 13.7. The first-order valence-corrected chi connectivity index (χ1v) is 9.40. The van der Waals surface area contributed by atoms with Crippen LogP contribution >= 0.6 is 0 Å². The molecule has 2 unspecified atom stereocenters. The molecule has 134 valence electrons.